The molecule has 356 valence electrons. The first-order valence-electron chi connectivity index (χ1n) is 23.4. The molecule has 2 aliphatic carbocycles. The highest BCUT2D eigenvalue weighted by atomic mass is 31.2. The van der Waals surface area contributed by atoms with E-state index in [0.717, 1.165) is 21.8 Å². The molecule has 4 aromatic heterocycles. The van der Waals surface area contributed by atoms with Crippen molar-refractivity contribution in [2.75, 3.05) is 31.2 Å². The second-order valence-electron chi connectivity index (χ2n) is 19.0. The van der Waals surface area contributed by atoms with E-state index in [2.05, 4.69) is 15.5 Å². The van der Waals surface area contributed by atoms with E-state index in [-0.39, 0.29) is 49.5 Å². The number of alkyl halides is 2. The molecule has 3 aliphatic rings. The smallest absolute Gasteiger partial charge is 0.387 e. The maximum Gasteiger partial charge on any atom is 0.438 e. The molecule has 2 N–H and O–H groups in total. The summed E-state index contributed by atoms with van der Waals surface area (Å²) in [7, 11) is -0.911. The van der Waals surface area contributed by atoms with Crippen molar-refractivity contribution in [1.82, 2.24) is 38.5 Å². The van der Waals surface area contributed by atoms with E-state index < -0.39 is 36.1 Å². The number of aromatic nitrogens is 7. The Labute approximate surface area is 390 Å². The van der Waals surface area contributed by atoms with Crippen LogP contribution in [0.1, 0.15) is 110 Å². The Balaban J connectivity index is 1.10. The molecule has 0 spiro atoms. The van der Waals surface area contributed by atoms with Gasteiger partial charge in [0.2, 0.25) is 5.92 Å². The van der Waals surface area contributed by atoms with Crippen molar-refractivity contribution >= 4 is 34.9 Å². The highest BCUT2D eigenvalue weighted by molar-refractivity contribution is 7.71. The molecule has 14 nitrogen and oxygen atoms in total. The molecule has 2 fully saturated rings. The van der Waals surface area contributed by atoms with Crippen LogP contribution in [0.15, 0.2) is 81.1 Å². The molecule has 1 amide bonds. The molecule has 2 saturated carbocycles. The van der Waals surface area contributed by atoms with Gasteiger partial charge >= 0.3 is 11.4 Å². The van der Waals surface area contributed by atoms with Crippen LogP contribution in [0, 0.1) is 25.6 Å². The Kier molecular flexibility index (Phi) is 11.0. The average molecular weight is 950 g/mol. The number of rotatable bonds is 11. The lowest BCUT2D eigenvalue weighted by atomic mass is 9.82. The van der Waals surface area contributed by atoms with E-state index in [9.17, 15) is 22.9 Å². The lowest BCUT2D eigenvalue weighted by molar-refractivity contribution is -0.0382. The van der Waals surface area contributed by atoms with E-state index >= 15 is 9.18 Å². The Morgan fingerprint density at radius 1 is 0.956 bits per heavy atom. The molecule has 7 aromatic rings. The Morgan fingerprint density at radius 2 is 1.65 bits per heavy atom. The number of amides is 1. The number of hydrogen-bond acceptors (Lipinski definition) is 8. The zero-order valence-electron chi connectivity index (χ0n) is 39.2. The second kappa shape index (κ2) is 16.4. The van der Waals surface area contributed by atoms with Crippen LogP contribution < -0.4 is 22.1 Å². The third kappa shape index (κ3) is 7.13. The maximum absolute atomic E-state index is 15.5. The number of hydrogen-bond donors (Lipinski definition) is 2. The second-order valence-corrected chi connectivity index (χ2v) is 22.5. The summed E-state index contributed by atoms with van der Waals surface area (Å²) in [6.45, 7) is 11.6. The average Bonchev–Trinajstić information content (AvgIpc) is 3.82. The minimum Gasteiger partial charge on any atom is -0.387 e. The standard InChI is InChI=1S/C50H55F3N9O5P/c1-8-68(66,9-2)40-13-11-36(26-37(40)54-7)59-18-19-60(48(59)65)44-42(35-22-28(3)41(51)29(4)23-35)56-61-21-20-58(31(6)43(44)61)45(63)39-25-34-24-33(32-14-16-49(52,53)17-15-32)10-12-38(34)62(39)50(27-30(50)5)46-55-47(64)67-57-46/h10-13,18-19,22-26,30-32,54H,8-9,14-17,20-21,27H2,1-7H3,(H,55,57,64)/t30-,31?,50-/m0/s1. The van der Waals surface area contributed by atoms with E-state index in [1.807, 2.05) is 73.3 Å². The lowest BCUT2D eigenvalue weighted by Crippen LogP contribution is -2.43. The third-order valence-corrected chi connectivity index (χ3v) is 18.4. The van der Waals surface area contributed by atoms with Crippen molar-refractivity contribution in [3.05, 3.63) is 128 Å². The van der Waals surface area contributed by atoms with Crippen LogP contribution >= 0.6 is 7.14 Å². The molecule has 0 radical (unpaired) electrons. The van der Waals surface area contributed by atoms with E-state index in [0.29, 0.717) is 88.2 Å². The molecule has 10 rings (SSSR count). The molecule has 68 heavy (non-hydrogen) atoms. The Bertz CT molecular complexity index is 3300. The number of nitrogens with zero attached hydrogens (tertiary/aromatic N) is 7. The Morgan fingerprint density at radius 3 is 2.28 bits per heavy atom. The zero-order valence-corrected chi connectivity index (χ0v) is 40.1. The predicted octanol–water partition coefficient (Wildman–Crippen LogP) is 9.24. The number of benzene rings is 3. The molecular formula is C50H55F3N9O5P. The summed E-state index contributed by atoms with van der Waals surface area (Å²) in [5, 5.41) is 13.9. The molecule has 0 bridgehead atoms. The number of aryl methyl sites for hydroxylation is 2. The zero-order chi connectivity index (χ0) is 48.2. The summed E-state index contributed by atoms with van der Waals surface area (Å²) < 4.78 is 69.3. The fourth-order valence-corrected chi connectivity index (χ4v) is 13.2. The number of aromatic amines is 1. The predicted molar refractivity (Wildman–Crippen MR) is 255 cm³/mol. The SMILES string of the molecule is CCP(=O)(CC)c1ccc(-n2ccn(-c3c(-c4cc(C)c(F)c(C)c4)nn4c3C(C)N(C(=O)c3cc5cc(C6CCC(F)(F)CC6)ccc5n3[C@@]3(c5noc(=O)[nH]5)C[C@@H]3C)CC4)c2=O)cc1NC. The number of H-pyrrole nitrogens is 1. The van der Waals surface area contributed by atoms with Crippen molar-refractivity contribution < 1.29 is 27.1 Å². The van der Waals surface area contributed by atoms with Crippen LogP contribution in [0.3, 0.4) is 0 Å². The molecule has 5 heterocycles. The van der Waals surface area contributed by atoms with Gasteiger partial charge in [0.05, 0.1) is 24.0 Å². The van der Waals surface area contributed by atoms with Gasteiger partial charge in [-0.25, -0.2) is 22.8 Å². The fourth-order valence-electron chi connectivity index (χ4n) is 11.1. The number of fused-ring (bicyclic) bond motifs is 2. The number of carbonyl (C=O) groups excluding carboxylic acids is 1. The summed E-state index contributed by atoms with van der Waals surface area (Å²) >= 11 is 0. The van der Waals surface area contributed by atoms with Crippen molar-refractivity contribution in [3.63, 3.8) is 0 Å². The van der Waals surface area contributed by atoms with Crippen molar-refractivity contribution in [2.24, 2.45) is 5.92 Å². The summed E-state index contributed by atoms with van der Waals surface area (Å²) in [6.07, 6.45) is 5.22. The molecule has 18 heteroatoms. The number of imidazole rings is 1. The van der Waals surface area contributed by atoms with E-state index in [1.54, 1.807) is 56.4 Å². The van der Waals surface area contributed by atoms with Gasteiger partial charge in [0.25, 0.3) is 5.91 Å². The molecule has 1 aliphatic heterocycles. The molecule has 0 saturated heterocycles. The number of halogens is 3. The highest BCUT2D eigenvalue weighted by Gasteiger charge is 2.59. The largest absolute Gasteiger partial charge is 0.438 e. The van der Waals surface area contributed by atoms with Gasteiger partial charge in [-0.3, -0.25) is 28.1 Å². The number of nitrogens with one attached hydrogen (secondary N) is 2. The van der Waals surface area contributed by atoms with Crippen LogP contribution in [0.25, 0.3) is 33.5 Å². The normalized spacial score (nSPS) is 20.5. The quantitative estimate of drug-likeness (QED) is 0.122. The van der Waals surface area contributed by atoms with Crippen LogP contribution in [0.2, 0.25) is 0 Å². The first-order chi connectivity index (χ1) is 32.4. The van der Waals surface area contributed by atoms with Crippen LogP contribution in [-0.4, -0.2) is 76.3 Å². The summed E-state index contributed by atoms with van der Waals surface area (Å²) in [6, 6.07) is 15.9. The molecule has 3 aromatic carbocycles. The van der Waals surface area contributed by atoms with Gasteiger partial charge < -0.3 is 19.3 Å². The van der Waals surface area contributed by atoms with Gasteiger partial charge in [0.15, 0.2) is 5.82 Å². The van der Waals surface area contributed by atoms with Crippen LogP contribution in [0.5, 0.6) is 0 Å². The van der Waals surface area contributed by atoms with E-state index in [1.165, 1.54) is 9.13 Å². The number of anilines is 1. The molecule has 3 atom stereocenters. The topological polar surface area (TPSA) is 158 Å². The van der Waals surface area contributed by atoms with Gasteiger partial charge in [0.1, 0.15) is 35.6 Å². The summed E-state index contributed by atoms with van der Waals surface area (Å²) in [4.78, 5) is 47.3. The van der Waals surface area contributed by atoms with Crippen LogP contribution in [0.4, 0.5) is 18.9 Å². The van der Waals surface area contributed by atoms with Crippen LogP contribution in [-0.2, 0) is 16.6 Å². The first-order valence-corrected chi connectivity index (χ1v) is 25.5. The van der Waals surface area contributed by atoms with Gasteiger partial charge in [-0.2, -0.15) is 5.10 Å². The third-order valence-electron chi connectivity index (χ3n) is 15.1. The van der Waals surface area contributed by atoms with Crippen molar-refractivity contribution in [3.8, 4) is 22.6 Å². The molecular weight excluding hydrogens is 895 g/mol. The minimum absolute atomic E-state index is 0.0539. The van der Waals surface area contributed by atoms with Crippen molar-refractivity contribution in [1.29, 1.82) is 0 Å². The summed E-state index contributed by atoms with van der Waals surface area (Å²) in [5.74, 6) is -3.86. The van der Waals surface area contributed by atoms with Crippen molar-refractivity contribution in [2.45, 2.75) is 104 Å². The first kappa shape index (κ1) is 45.4. The van der Waals surface area contributed by atoms with Gasteiger partial charge in [0, 0.05) is 78.6 Å². The summed E-state index contributed by atoms with van der Waals surface area (Å²) in [5.41, 5.74) is 4.77. The lowest BCUT2D eigenvalue weighted by Gasteiger charge is -2.35. The van der Waals surface area contributed by atoms with Gasteiger partial charge in [-0.15, -0.1) is 0 Å². The minimum atomic E-state index is -2.68. The Hall–Kier alpha value is -6.35. The fraction of sp³-hybridized carbons (Fsp3) is 0.420. The monoisotopic (exact) mass is 949 g/mol. The molecule has 1 unspecified atom stereocenters. The maximum atomic E-state index is 15.5. The highest BCUT2D eigenvalue weighted by Crippen LogP contribution is 2.56. The van der Waals surface area contributed by atoms with E-state index in [4.69, 9.17) is 9.62 Å². The van der Waals surface area contributed by atoms with Gasteiger partial charge in [-0.1, -0.05) is 32.0 Å². The van der Waals surface area contributed by atoms with Gasteiger partial charge in [-0.05, 0) is 117 Å². The number of carbonyl (C=O) groups is 1.